The second-order valence-electron chi connectivity index (χ2n) is 1.72. The van der Waals surface area contributed by atoms with E-state index < -0.39 is 7.59 Å². The molecule has 0 aromatic heterocycles. The van der Waals surface area contributed by atoms with Crippen LogP contribution in [-0.2, 0) is 8.75 Å². The Hall–Kier alpha value is 0. The molecule has 4 N–H and O–H groups in total. The molecular formula is C3H8N3O2PS. The van der Waals surface area contributed by atoms with Gasteiger partial charge in [0.15, 0.2) is 0 Å². The zero-order chi connectivity index (χ0) is 7.61. The molecule has 0 saturated carbocycles. The van der Waals surface area contributed by atoms with E-state index in [9.17, 15) is 4.57 Å². The molecule has 0 aromatic rings. The van der Waals surface area contributed by atoms with Crippen LogP contribution in [0, 0.1) is 0 Å². The SMILES string of the molecule is NP(N)(=O)N1C=CCOS1. The fourth-order valence-electron chi connectivity index (χ4n) is 0.438. The van der Waals surface area contributed by atoms with Gasteiger partial charge in [-0.1, -0.05) is 0 Å². The van der Waals surface area contributed by atoms with Crippen LogP contribution in [0.4, 0.5) is 0 Å². The molecule has 1 aliphatic rings. The maximum atomic E-state index is 10.9. The van der Waals surface area contributed by atoms with E-state index in [1.165, 1.54) is 4.08 Å². The average Bonchev–Trinajstić information content (AvgIpc) is 1.88. The predicted octanol–water partition coefficient (Wildman–Crippen LogP) is 0.421. The summed E-state index contributed by atoms with van der Waals surface area (Å²) < 4.78 is 16.9. The minimum absolute atomic E-state index is 0.487. The van der Waals surface area contributed by atoms with Gasteiger partial charge in [-0.15, -0.1) is 0 Å². The van der Waals surface area contributed by atoms with Crippen molar-refractivity contribution in [3.8, 4) is 0 Å². The zero-order valence-corrected chi connectivity index (χ0v) is 6.85. The summed E-state index contributed by atoms with van der Waals surface area (Å²) in [5.74, 6) is 0. The van der Waals surface area contributed by atoms with E-state index in [1.807, 2.05) is 0 Å². The Balaban J connectivity index is 2.64. The van der Waals surface area contributed by atoms with Crippen LogP contribution in [0.2, 0.25) is 0 Å². The van der Waals surface area contributed by atoms with E-state index in [-0.39, 0.29) is 0 Å². The summed E-state index contributed by atoms with van der Waals surface area (Å²) in [6.07, 6.45) is 3.23. The molecule has 0 radical (unpaired) electrons. The van der Waals surface area contributed by atoms with Gasteiger partial charge in [0, 0.05) is 6.20 Å². The first-order valence-electron chi connectivity index (χ1n) is 2.54. The van der Waals surface area contributed by atoms with Crippen LogP contribution in [0.5, 0.6) is 0 Å². The maximum Gasteiger partial charge on any atom is 0.311 e. The van der Waals surface area contributed by atoms with Crippen LogP contribution in [0.15, 0.2) is 12.3 Å². The van der Waals surface area contributed by atoms with Crippen molar-refractivity contribution in [2.45, 2.75) is 0 Å². The van der Waals surface area contributed by atoms with Crippen molar-refractivity contribution in [2.24, 2.45) is 11.0 Å². The molecule has 7 heteroatoms. The predicted molar refractivity (Wildman–Crippen MR) is 40.5 cm³/mol. The van der Waals surface area contributed by atoms with Crippen LogP contribution in [0.25, 0.3) is 0 Å². The van der Waals surface area contributed by atoms with Gasteiger partial charge in [0.2, 0.25) is 0 Å². The smallest absolute Gasteiger partial charge is 0.292 e. The van der Waals surface area contributed by atoms with Gasteiger partial charge in [-0.3, -0.25) is 19.8 Å². The summed E-state index contributed by atoms with van der Waals surface area (Å²) in [7, 11) is -3.16. The standard InChI is InChI=1S/C3H8N3O2PS/c4-9(5,7)6-2-1-3-8-10-6/h1-2H,3H2,(H4,4,5,7). The molecule has 0 unspecified atom stereocenters. The fourth-order valence-corrected chi connectivity index (χ4v) is 1.68. The Morgan fingerprint density at radius 2 is 2.40 bits per heavy atom. The van der Waals surface area contributed by atoms with E-state index in [2.05, 4.69) is 0 Å². The van der Waals surface area contributed by atoms with Crippen LogP contribution >= 0.6 is 19.8 Å². The molecule has 58 valence electrons. The molecule has 5 nitrogen and oxygen atoms in total. The van der Waals surface area contributed by atoms with Crippen LogP contribution < -0.4 is 11.0 Å². The van der Waals surface area contributed by atoms with Gasteiger partial charge < -0.3 is 0 Å². The number of rotatable bonds is 1. The highest BCUT2D eigenvalue weighted by atomic mass is 32.2. The minimum atomic E-state index is -3.16. The molecule has 0 saturated heterocycles. The third-order valence-electron chi connectivity index (χ3n) is 0.834. The van der Waals surface area contributed by atoms with Gasteiger partial charge in [-0.2, -0.15) is 0 Å². The van der Waals surface area contributed by atoms with E-state index in [4.69, 9.17) is 15.2 Å². The molecule has 0 aromatic carbocycles. The summed E-state index contributed by atoms with van der Waals surface area (Å²) in [6, 6.07) is 0. The minimum Gasteiger partial charge on any atom is -0.292 e. The lowest BCUT2D eigenvalue weighted by molar-refractivity contribution is 0.403. The molecule has 0 aliphatic carbocycles. The molecule has 0 atom stereocenters. The van der Waals surface area contributed by atoms with E-state index >= 15 is 0 Å². The Morgan fingerprint density at radius 3 is 2.70 bits per heavy atom. The van der Waals surface area contributed by atoms with Crippen LogP contribution in [-0.4, -0.2) is 10.7 Å². The van der Waals surface area contributed by atoms with Gasteiger partial charge in [-0.25, -0.2) is 4.08 Å². The molecule has 0 bridgehead atoms. The van der Waals surface area contributed by atoms with Crippen molar-refractivity contribution in [3.05, 3.63) is 12.3 Å². The monoisotopic (exact) mass is 181 g/mol. The molecule has 1 rings (SSSR count). The quantitative estimate of drug-likeness (QED) is 0.346. The zero-order valence-electron chi connectivity index (χ0n) is 5.14. The third kappa shape index (κ3) is 2.00. The molecule has 0 spiro atoms. The van der Waals surface area contributed by atoms with Gasteiger partial charge >= 0.3 is 7.59 Å². The number of hydrogen-bond acceptors (Lipinski definition) is 3. The van der Waals surface area contributed by atoms with Crippen LogP contribution in [0.1, 0.15) is 0 Å². The summed E-state index contributed by atoms with van der Waals surface area (Å²) in [5, 5.41) is 0. The Labute approximate surface area is 63.3 Å². The average molecular weight is 181 g/mol. The van der Waals surface area contributed by atoms with Crippen molar-refractivity contribution in [1.29, 1.82) is 0 Å². The molecule has 0 amide bonds. The number of nitrogens with zero attached hydrogens (tertiary/aromatic N) is 1. The van der Waals surface area contributed by atoms with E-state index in [1.54, 1.807) is 12.3 Å². The van der Waals surface area contributed by atoms with Crippen molar-refractivity contribution in [1.82, 2.24) is 4.08 Å². The first-order chi connectivity index (χ1) is 4.61. The summed E-state index contributed by atoms with van der Waals surface area (Å²) in [4.78, 5) is 0. The summed E-state index contributed by atoms with van der Waals surface area (Å²) >= 11 is 0.904. The fraction of sp³-hybridized carbons (Fsp3) is 0.333. The van der Waals surface area contributed by atoms with Gasteiger partial charge in [0.25, 0.3) is 0 Å². The lowest BCUT2D eigenvalue weighted by Gasteiger charge is -2.22. The molecular weight excluding hydrogens is 173 g/mol. The van der Waals surface area contributed by atoms with E-state index in [0.717, 1.165) is 12.2 Å². The highest BCUT2D eigenvalue weighted by Gasteiger charge is 2.20. The van der Waals surface area contributed by atoms with Gasteiger partial charge in [0.05, 0.1) is 6.61 Å². The second kappa shape index (κ2) is 2.94. The Bertz CT molecular complexity index is 190. The Morgan fingerprint density at radius 1 is 1.70 bits per heavy atom. The van der Waals surface area contributed by atoms with Crippen molar-refractivity contribution in [2.75, 3.05) is 6.61 Å². The first kappa shape index (κ1) is 8.10. The number of nitrogens with two attached hydrogens (primary N) is 2. The lowest BCUT2D eigenvalue weighted by atomic mass is 10.7. The maximum absolute atomic E-state index is 10.9. The van der Waals surface area contributed by atoms with Crippen molar-refractivity contribution < 1.29 is 8.75 Å². The Kier molecular flexibility index (Phi) is 2.38. The second-order valence-corrected chi connectivity index (χ2v) is 4.54. The molecule has 10 heavy (non-hydrogen) atoms. The number of hydrogen-bond donors (Lipinski definition) is 2. The summed E-state index contributed by atoms with van der Waals surface area (Å²) in [5.41, 5.74) is 10.2. The van der Waals surface area contributed by atoms with Gasteiger partial charge in [-0.05, 0) is 6.08 Å². The summed E-state index contributed by atoms with van der Waals surface area (Å²) in [6.45, 7) is 0.487. The normalized spacial score (nSPS) is 19.6. The van der Waals surface area contributed by atoms with Crippen LogP contribution in [0.3, 0.4) is 0 Å². The largest absolute Gasteiger partial charge is 0.311 e. The highest BCUT2D eigenvalue weighted by molar-refractivity contribution is 7.97. The molecule has 1 heterocycles. The molecule has 0 fully saturated rings. The topological polar surface area (TPSA) is 81.6 Å². The lowest BCUT2D eigenvalue weighted by Crippen LogP contribution is -2.20. The molecule has 1 aliphatic heterocycles. The highest BCUT2D eigenvalue weighted by Crippen LogP contribution is 2.40. The van der Waals surface area contributed by atoms with E-state index in [0.29, 0.717) is 6.61 Å². The van der Waals surface area contributed by atoms with Crippen molar-refractivity contribution in [3.63, 3.8) is 0 Å². The first-order valence-corrected chi connectivity index (χ1v) is 5.03. The van der Waals surface area contributed by atoms with Gasteiger partial charge in [0.1, 0.15) is 12.2 Å². The van der Waals surface area contributed by atoms with Crippen molar-refractivity contribution >= 4 is 19.8 Å². The third-order valence-corrected chi connectivity index (χ3v) is 3.07.